The van der Waals surface area contributed by atoms with E-state index in [0.717, 1.165) is 18.0 Å². The van der Waals surface area contributed by atoms with Crippen LogP contribution in [0.5, 0.6) is 0 Å². The van der Waals surface area contributed by atoms with Gasteiger partial charge in [0, 0.05) is 12.1 Å². The summed E-state index contributed by atoms with van der Waals surface area (Å²) in [7, 11) is 0. The summed E-state index contributed by atoms with van der Waals surface area (Å²) >= 11 is 0. The van der Waals surface area contributed by atoms with Crippen LogP contribution in [0.2, 0.25) is 0 Å². The predicted molar refractivity (Wildman–Crippen MR) is 47.6 cm³/mol. The van der Waals surface area contributed by atoms with E-state index in [0.29, 0.717) is 0 Å². The number of fused-ring (bicyclic) bond motifs is 2. The maximum absolute atomic E-state index is 3.73. The molecular formula is C10H19N. The molecule has 1 heteroatoms. The highest BCUT2D eigenvalue weighted by Gasteiger charge is 2.29. The molecule has 2 fully saturated rings. The van der Waals surface area contributed by atoms with Gasteiger partial charge in [-0.1, -0.05) is 19.8 Å². The lowest BCUT2D eigenvalue weighted by Crippen LogP contribution is -2.47. The maximum atomic E-state index is 3.73. The molecule has 1 aliphatic carbocycles. The van der Waals surface area contributed by atoms with Crippen molar-refractivity contribution >= 4 is 0 Å². The Labute approximate surface area is 69.6 Å². The van der Waals surface area contributed by atoms with Crippen molar-refractivity contribution in [3.05, 3.63) is 0 Å². The van der Waals surface area contributed by atoms with Gasteiger partial charge >= 0.3 is 0 Å². The fourth-order valence-corrected chi connectivity index (χ4v) is 2.74. The lowest BCUT2D eigenvalue weighted by atomic mass is 9.78. The quantitative estimate of drug-likeness (QED) is 0.609. The van der Waals surface area contributed by atoms with Crippen LogP contribution in [0.1, 0.15) is 45.4 Å². The molecule has 2 aliphatic rings. The highest BCUT2D eigenvalue weighted by atomic mass is 15.0. The largest absolute Gasteiger partial charge is 0.311 e. The van der Waals surface area contributed by atoms with E-state index in [1.165, 1.54) is 38.5 Å². The highest BCUT2D eigenvalue weighted by Crippen LogP contribution is 2.32. The topological polar surface area (TPSA) is 12.0 Å². The van der Waals surface area contributed by atoms with Crippen molar-refractivity contribution < 1.29 is 0 Å². The summed E-state index contributed by atoms with van der Waals surface area (Å²) < 4.78 is 0. The van der Waals surface area contributed by atoms with Crippen LogP contribution in [-0.4, -0.2) is 12.1 Å². The first kappa shape index (κ1) is 7.60. The van der Waals surface area contributed by atoms with Gasteiger partial charge in [-0.3, -0.25) is 0 Å². The lowest BCUT2D eigenvalue weighted by Gasteiger charge is -2.40. The first-order chi connectivity index (χ1) is 5.38. The predicted octanol–water partition coefficient (Wildman–Crippen LogP) is 2.32. The number of piperidine rings is 1. The van der Waals surface area contributed by atoms with Crippen LogP contribution in [0.4, 0.5) is 0 Å². The van der Waals surface area contributed by atoms with Crippen LogP contribution in [0.25, 0.3) is 0 Å². The van der Waals surface area contributed by atoms with Crippen LogP contribution in [0.3, 0.4) is 0 Å². The van der Waals surface area contributed by atoms with Crippen LogP contribution < -0.4 is 5.32 Å². The molecule has 2 rings (SSSR count). The van der Waals surface area contributed by atoms with Gasteiger partial charge in [0.2, 0.25) is 0 Å². The molecule has 3 unspecified atom stereocenters. The standard InChI is InChI=1S/C10H19N/c1-2-9-6-8-4-3-5-10(7-8)11-9/h8-11H,2-7H2,1H3. The van der Waals surface area contributed by atoms with Crippen molar-refractivity contribution in [3.8, 4) is 0 Å². The van der Waals surface area contributed by atoms with Gasteiger partial charge < -0.3 is 5.32 Å². The second-order valence-electron chi connectivity index (χ2n) is 4.24. The van der Waals surface area contributed by atoms with Crippen LogP contribution in [0, 0.1) is 5.92 Å². The zero-order valence-corrected chi connectivity index (χ0v) is 7.47. The summed E-state index contributed by atoms with van der Waals surface area (Å²) in [6, 6.07) is 1.73. The van der Waals surface area contributed by atoms with E-state index in [2.05, 4.69) is 12.2 Å². The third kappa shape index (κ3) is 1.58. The smallest absolute Gasteiger partial charge is 0.00723 e. The van der Waals surface area contributed by atoms with E-state index in [4.69, 9.17) is 0 Å². The first-order valence-electron chi connectivity index (χ1n) is 5.14. The molecule has 0 aromatic carbocycles. The van der Waals surface area contributed by atoms with Gasteiger partial charge in [0.25, 0.3) is 0 Å². The van der Waals surface area contributed by atoms with E-state index >= 15 is 0 Å². The molecule has 1 saturated carbocycles. The molecule has 1 N–H and O–H groups in total. The molecule has 0 aromatic rings. The normalized spacial score (nSPS) is 43.9. The Morgan fingerprint density at radius 1 is 1.27 bits per heavy atom. The van der Waals surface area contributed by atoms with Gasteiger partial charge in [0.1, 0.15) is 0 Å². The third-order valence-corrected chi connectivity index (χ3v) is 3.36. The zero-order chi connectivity index (χ0) is 7.68. The molecular weight excluding hydrogens is 134 g/mol. The van der Waals surface area contributed by atoms with E-state index in [9.17, 15) is 0 Å². The molecule has 2 bridgehead atoms. The monoisotopic (exact) mass is 153 g/mol. The molecule has 0 spiro atoms. The fourth-order valence-electron chi connectivity index (χ4n) is 2.74. The number of hydrogen-bond acceptors (Lipinski definition) is 1. The van der Waals surface area contributed by atoms with Gasteiger partial charge in [0.05, 0.1) is 0 Å². The highest BCUT2D eigenvalue weighted by molar-refractivity contribution is 4.88. The van der Waals surface area contributed by atoms with Crippen molar-refractivity contribution in [2.24, 2.45) is 5.92 Å². The number of hydrogen-bond donors (Lipinski definition) is 1. The number of nitrogens with one attached hydrogen (secondary N) is 1. The Hall–Kier alpha value is -0.0400. The minimum atomic E-state index is 0.846. The number of rotatable bonds is 1. The molecule has 1 aliphatic heterocycles. The van der Waals surface area contributed by atoms with Gasteiger partial charge in [-0.2, -0.15) is 0 Å². The minimum absolute atomic E-state index is 0.846. The fraction of sp³-hybridized carbons (Fsp3) is 1.00. The van der Waals surface area contributed by atoms with E-state index < -0.39 is 0 Å². The second-order valence-corrected chi connectivity index (χ2v) is 4.24. The van der Waals surface area contributed by atoms with Gasteiger partial charge in [0.15, 0.2) is 0 Å². The first-order valence-corrected chi connectivity index (χ1v) is 5.14. The van der Waals surface area contributed by atoms with E-state index in [1.54, 1.807) is 0 Å². The summed E-state index contributed by atoms with van der Waals surface area (Å²) in [5.41, 5.74) is 0. The molecule has 0 radical (unpaired) electrons. The molecule has 64 valence electrons. The van der Waals surface area contributed by atoms with Gasteiger partial charge in [-0.05, 0) is 31.6 Å². The third-order valence-electron chi connectivity index (χ3n) is 3.36. The maximum Gasteiger partial charge on any atom is 0.00723 e. The van der Waals surface area contributed by atoms with E-state index in [-0.39, 0.29) is 0 Å². The van der Waals surface area contributed by atoms with Gasteiger partial charge in [-0.15, -0.1) is 0 Å². The SMILES string of the molecule is CCC1CC2CCCC(C2)N1. The average molecular weight is 153 g/mol. The van der Waals surface area contributed by atoms with Crippen molar-refractivity contribution in [3.63, 3.8) is 0 Å². The molecule has 0 aromatic heterocycles. The Kier molecular flexibility index (Phi) is 2.17. The van der Waals surface area contributed by atoms with E-state index in [1.807, 2.05) is 0 Å². The Morgan fingerprint density at radius 2 is 2.18 bits per heavy atom. The summed E-state index contributed by atoms with van der Waals surface area (Å²) in [5.74, 6) is 1.07. The van der Waals surface area contributed by atoms with Crippen LogP contribution in [-0.2, 0) is 0 Å². The molecule has 1 saturated heterocycles. The summed E-state index contributed by atoms with van der Waals surface area (Å²) in [4.78, 5) is 0. The van der Waals surface area contributed by atoms with Gasteiger partial charge in [-0.25, -0.2) is 0 Å². The minimum Gasteiger partial charge on any atom is -0.311 e. The second kappa shape index (κ2) is 3.14. The van der Waals surface area contributed by atoms with Crippen LogP contribution >= 0.6 is 0 Å². The van der Waals surface area contributed by atoms with Crippen LogP contribution in [0.15, 0.2) is 0 Å². The molecule has 3 atom stereocenters. The molecule has 11 heavy (non-hydrogen) atoms. The summed E-state index contributed by atoms with van der Waals surface area (Å²) in [6.07, 6.45) is 8.66. The molecule has 1 nitrogen and oxygen atoms in total. The summed E-state index contributed by atoms with van der Waals surface area (Å²) in [6.45, 7) is 2.30. The van der Waals surface area contributed by atoms with Crippen molar-refractivity contribution in [1.82, 2.24) is 5.32 Å². The van der Waals surface area contributed by atoms with Crippen molar-refractivity contribution in [1.29, 1.82) is 0 Å². The lowest BCUT2D eigenvalue weighted by molar-refractivity contribution is 0.178. The van der Waals surface area contributed by atoms with Crippen molar-refractivity contribution in [2.75, 3.05) is 0 Å². The summed E-state index contributed by atoms with van der Waals surface area (Å²) in [5, 5.41) is 3.73. The Balaban J connectivity index is 1.94. The Morgan fingerprint density at radius 3 is 2.91 bits per heavy atom. The molecule has 1 heterocycles. The Bertz CT molecular complexity index is 121. The van der Waals surface area contributed by atoms with Crippen molar-refractivity contribution in [2.45, 2.75) is 57.5 Å². The average Bonchev–Trinajstić information content (AvgIpc) is 2.03. The zero-order valence-electron chi connectivity index (χ0n) is 7.47. The molecule has 0 amide bonds.